The van der Waals surface area contributed by atoms with Crippen LogP contribution in [0.15, 0.2) is 51.2 Å². The highest BCUT2D eigenvalue weighted by molar-refractivity contribution is 7.89. The van der Waals surface area contributed by atoms with Crippen LogP contribution in [0.25, 0.3) is 10.6 Å². The van der Waals surface area contributed by atoms with E-state index < -0.39 is 22.5 Å². The molecule has 1 N–H and O–H groups in total. The maximum Gasteiger partial charge on any atom is 0.321 e. The number of halogens is 2. The lowest BCUT2D eigenvalue weighted by Crippen LogP contribution is -2.30. The van der Waals surface area contributed by atoms with Crippen LogP contribution in [0.2, 0.25) is 10.0 Å². The van der Waals surface area contributed by atoms with E-state index in [1.165, 1.54) is 29.5 Å². The van der Waals surface area contributed by atoms with Crippen molar-refractivity contribution >= 4 is 50.5 Å². The molecule has 0 spiro atoms. The number of nitrogens with one attached hydrogen (secondary N) is 1. The number of thiophene rings is 1. The highest BCUT2D eigenvalue weighted by Crippen LogP contribution is 2.26. The molecule has 0 saturated carbocycles. The molecular formula is C16H12Cl2N2O5S2. The minimum atomic E-state index is -3.93. The van der Waals surface area contributed by atoms with Gasteiger partial charge in [0.2, 0.25) is 10.0 Å². The van der Waals surface area contributed by atoms with Crippen molar-refractivity contribution in [1.29, 1.82) is 0 Å². The zero-order chi connectivity index (χ0) is 19.4. The lowest BCUT2D eigenvalue weighted by molar-refractivity contribution is -0.143. The van der Waals surface area contributed by atoms with Crippen molar-refractivity contribution in [2.24, 2.45) is 0 Å². The van der Waals surface area contributed by atoms with Crippen LogP contribution in [-0.2, 0) is 26.2 Å². The monoisotopic (exact) mass is 446 g/mol. The Bertz CT molecular complexity index is 1050. The molecule has 0 fully saturated rings. The molecule has 3 rings (SSSR count). The Morgan fingerprint density at radius 2 is 2.04 bits per heavy atom. The average molecular weight is 447 g/mol. The second-order valence-electron chi connectivity index (χ2n) is 5.22. The molecule has 3 aromatic rings. The van der Waals surface area contributed by atoms with E-state index in [9.17, 15) is 13.2 Å². The van der Waals surface area contributed by atoms with E-state index >= 15 is 0 Å². The third-order valence-electron chi connectivity index (χ3n) is 3.31. The van der Waals surface area contributed by atoms with Crippen LogP contribution >= 0.6 is 34.5 Å². The van der Waals surface area contributed by atoms with Crippen LogP contribution in [0.4, 0.5) is 0 Å². The first kappa shape index (κ1) is 19.8. The molecule has 0 atom stereocenters. The lowest BCUT2D eigenvalue weighted by atomic mass is 10.3. The Hall–Kier alpha value is -1.91. The van der Waals surface area contributed by atoms with Gasteiger partial charge in [-0.1, -0.05) is 34.4 Å². The Kier molecular flexibility index (Phi) is 6.18. The first-order valence-electron chi connectivity index (χ1n) is 7.45. The predicted octanol–water partition coefficient (Wildman–Crippen LogP) is 3.73. The van der Waals surface area contributed by atoms with Gasteiger partial charge in [0.25, 0.3) is 0 Å². The number of aromatic nitrogens is 1. The number of carbonyl (C=O) groups excluding carboxylic acids is 1. The van der Waals surface area contributed by atoms with E-state index in [1.807, 2.05) is 17.5 Å². The van der Waals surface area contributed by atoms with Gasteiger partial charge in [0, 0.05) is 6.07 Å². The van der Waals surface area contributed by atoms with Crippen LogP contribution in [0.3, 0.4) is 0 Å². The van der Waals surface area contributed by atoms with E-state index in [0.29, 0.717) is 11.5 Å². The number of carbonyl (C=O) groups is 1. The smallest absolute Gasteiger partial charge is 0.321 e. The van der Waals surface area contributed by atoms with E-state index in [-0.39, 0.29) is 21.5 Å². The maximum absolute atomic E-state index is 12.2. The molecule has 27 heavy (non-hydrogen) atoms. The maximum atomic E-state index is 12.2. The molecule has 0 amide bonds. The van der Waals surface area contributed by atoms with Crippen molar-refractivity contribution in [2.45, 2.75) is 11.5 Å². The summed E-state index contributed by atoms with van der Waals surface area (Å²) in [5, 5.41) is 6.03. The summed E-state index contributed by atoms with van der Waals surface area (Å²) in [6.07, 6.45) is 0. The predicted molar refractivity (Wildman–Crippen MR) is 101 cm³/mol. The number of hydrogen-bond donors (Lipinski definition) is 1. The largest absolute Gasteiger partial charge is 0.458 e. The van der Waals surface area contributed by atoms with Gasteiger partial charge in [-0.15, -0.1) is 11.3 Å². The van der Waals surface area contributed by atoms with Gasteiger partial charge >= 0.3 is 5.97 Å². The van der Waals surface area contributed by atoms with Crippen LogP contribution in [0.1, 0.15) is 5.69 Å². The topological polar surface area (TPSA) is 98.5 Å². The summed E-state index contributed by atoms with van der Waals surface area (Å²) in [7, 11) is -3.93. The summed E-state index contributed by atoms with van der Waals surface area (Å²) in [6, 6.07) is 9.23. The Morgan fingerprint density at radius 1 is 1.22 bits per heavy atom. The Labute approximate surface area is 168 Å². The number of nitrogens with zero attached hydrogens (tertiary/aromatic N) is 1. The molecule has 142 valence electrons. The summed E-state index contributed by atoms with van der Waals surface area (Å²) >= 11 is 13.1. The first-order chi connectivity index (χ1) is 12.8. The molecule has 0 unspecified atom stereocenters. The molecule has 0 aliphatic heterocycles. The summed E-state index contributed by atoms with van der Waals surface area (Å²) in [5.74, 6) is -0.198. The van der Waals surface area contributed by atoms with Gasteiger partial charge < -0.3 is 9.26 Å². The first-order valence-corrected chi connectivity index (χ1v) is 10.6. The molecule has 11 heteroatoms. The molecule has 0 radical (unpaired) electrons. The SMILES string of the molecule is O=C(CNS(=O)(=O)c1ccc(Cl)c(Cl)c1)OCc1cc(-c2cccs2)on1. The average Bonchev–Trinajstić information content (AvgIpc) is 3.31. The number of rotatable bonds is 7. The lowest BCUT2D eigenvalue weighted by Gasteiger charge is -2.07. The number of benzene rings is 1. The standard InChI is InChI=1S/C16H12Cl2N2O5S2/c17-12-4-3-11(7-13(12)18)27(22,23)19-8-16(21)24-9-10-6-14(25-20-10)15-2-1-5-26-15/h1-7,19H,8-9H2. The van der Waals surface area contributed by atoms with Crippen molar-refractivity contribution in [2.75, 3.05) is 6.54 Å². The van der Waals surface area contributed by atoms with E-state index in [0.717, 1.165) is 4.88 Å². The van der Waals surface area contributed by atoms with Crippen LogP contribution in [0.5, 0.6) is 0 Å². The van der Waals surface area contributed by atoms with Gasteiger partial charge in [-0.05, 0) is 29.6 Å². The van der Waals surface area contributed by atoms with Crippen molar-refractivity contribution in [1.82, 2.24) is 9.88 Å². The summed E-state index contributed by atoms with van der Waals surface area (Å²) < 4.78 is 36.6. The van der Waals surface area contributed by atoms with Gasteiger partial charge in [-0.25, -0.2) is 8.42 Å². The van der Waals surface area contributed by atoms with Crippen LogP contribution in [-0.4, -0.2) is 26.1 Å². The molecule has 0 aliphatic rings. The van der Waals surface area contributed by atoms with E-state index in [4.69, 9.17) is 32.5 Å². The minimum absolute atomic E-state index is 0.0923. The molecule has 0 aliphatic carbocycles. The normalized spacial score (nSPS) is 11.5. The van der Waals surface area contributed by atoms with Gasteiger partial charge in [-0.2, -0.15) is 4.72 Å². The number of sulfonamides is 1. The fourth-order valence-corrected chi connectivity index (χ4v) is 4.03. The van der Waals surface area contributed by atoms with Gasteiger partial charge in [0.15, 0.2) is 5.76 Å². The zero-order valence-corrected chi connectivity index (χ0v) is 16.7. The summed E-state index contributed by atoms with van der Waals surface area (Å²) in [4.78, 5) is 12.6. The highest BCUT2D eigenvalue weighted by atomic mass is 35.5. The minimum Gasteiger partial charge on any atom is -0.458 e. The number of esters is 1. The molecule has 0 saturated heterocycles. The Balaban J connectivity index is 1.53. The van der Waals surface area contributed by atoms with Gasteiger partial charge in [-0.3, -0.25) is 4.79 Å². The fraction of sp³-hybridized carbons (Fsp3) is 0.125. The van der Waals surface area contributed by atoms with Crippen LogP contribution < -0.4 is 4.72 Å². The van der Waals surface area contributed by atoms with Gasteiger partial charge in [0.05, 0.1) is 19.8 Å². The quantitative estimate of drug-likeness (QED) is 0.555. The molecule has 0 bridgehead atoms. The van der Waals surface area contributed by atoms with Crippen molar-refractivity contribution in [3.05, 3.63) is 57.5 Å². The number of ether oxygens (including phenoxy) is 1. The Morgan fingerprint density at radius 3 is 2.74 bits per heavy atom. The molecule has 1 aromatic carbocycles. The summed E-state index contributed by atoms with van der Waals surface area (Å²) in [6.45, 7) is -0.680. The van der Waals surface area contributed by atoms with E-state index in [1.54, 1.807) is 6.07 Å². The van der Waals surface area contributed by atoms with Crippen LogP contribution in [0, 0.1) is 0 Å². The zero-order valence-electron chi connectivity index (χ0n) is 13.5. The molecule has 2 heterocycles. The second-order valence-corrected chi connectivity index (χ2v) is 8.75. The third-order valence-corrected chi connectivity index (χ3v) is 6.33. The summed E-state index contributed by atoms with van der Waals surface area (Å²) in [5.41, 5.74) is 0.416. The van der Waals surface area contributed by atoms with Gasteiger partial charge in [0.1, 0.15) is 18.8 Å². The molecule has 2 aromatic heterocycles. The van der Waals surface area contributed by atoms with Crippen molar-refractivity contribution < 1.29 is 22.5 Å². The molecule has 7 nitrogen and oxygen atoms in total. The van der Waals surface area contributed by atoms with E-state index in [2.05, 4.69) is 9.88 Å². The van der Waals surface area contributed by atoms with Crippen molar-refractivity contribution in [3.63, 3.8) is 0 Å². The molecular weight excluding hydrogens is 435 g/mol. The fourth-order valence-electron chi connectivity index (χ4n) is 2.00. The second kappa shape index (κ2) is 8.41. The highest BCUT2D eigenvalue weighted by Gasteiger charge is 2.18. The van der Waals surface area contributed by atoms with Crippen molar-refractivity contribution in [3.8, 4) is 10.6 Å². The third kappa shape index (κ3) is 5.08. The number of hydrogen-bond acceptors (Lipinski definition) is 7.